The first-order chi connectivity index (χ1) is 27.3. The number of benzene rings is 10. The van der Waals surface area contributed by atoms with Crippen molar-refractivity contribution in [2.24, 2.45) is 0 Å². The minimum absolute atomic E-state index is 1.21. The summed E-state index contributed by atoms with van der Waals surface area (Å²) in [6, 6.07) is 76.0. The van der Waals surface area contributed by atoms with Crippen LogP contribution in [-0.2, 0) is 0 Å². The molecule has 11 rings (SSSR count). The molecule has 1 heterocycles. The molecule has 10 aromatic carbocycles. The summed E-state index contributed by atoms with van der Waals surface area (Å²) in [7, 11) is 0. The van der Waals surface area contributed by atoms with Gasteiger partial charge in [-0.05, 0) is 106 Å². The van der Waals surface area contributed by atoms with Gasteiger partial charge in [-0.3, -0.25) is 0 Å². The molecular weight excluding hydrogens is 681 g/mol. The molecule has 0 amide bonds. The van der Waals surface area contributed by atoms with E-state index in [1.165, 1.54) is 108 Å². The van der Waals surface area contributed by atoms with Crippen molar-refractivity contribution >= 4 is 63.8 Å². The van der Waals surface area contributed by atoms with Gasteiger partial charge in [0.15, 0.2) is 0 Å². The van der Waals surface area contributed by atoms with Crippen molar-refractivity contribution in [3.05, 3.63) is 206 Å². The van der Waals surface area contributed by atoms with Crippen molar-refractivity contribution in [2.45, 2.75) is 0 Å². The van der Waals surface area contributed by atoms with Crippen molar-refractivity contribution in [3.63, 3.8) is 0 Å². The van der Waals surface area contributed by atoms with Gasteiger partial charge in [0.05, 0.1) is 0 Å². The zero-order valence-electron chi connectivity index (χ0n) is 30.0. The van der Waals surface area contributed by atoms with Gasteiger partial charge in [-0.25, -0.2) is 0 Å². The van der Waals surface area contributed by atoms with Crippen LogP contribution in [0.15, 0.2) is 206 Å². The highest BCUT2D eigenvalue weighted by Crippen LogP contribution is 2.47. The molecule has 0 saturated carbocycles. The molecule has 0 bridgehead atoms. The highest BCUT2D eigenvalue weighted by molar-refractivity contribution is 7.26. The summed E-state index contributed by atoms with van der Waals surface area (Å²) in [4.78, 5) is 0. The second kappa shape index (κ2) is 13.0. The van der Waals surface area contributed by atoms with E-state index >= 15 is 0 Å². The first-order valence-corrected chi connectivity index (χ1v) is 19.7. The fraction of sp³-hybridized carbons (Fsp3) is 0. The van der Waals surface area contributed by atoms with E-state index in [1.54, 1.807) is 0 Å². The average Bonchev–Trinajstić information content (AvgIpc) is 3.64. The minimum atomic E-state index is 1.21. The zero-order chi connectivity index (χ0) is 36.3. The molecule has 0 aliphatic carbocycles. The number of thiophene rings is 1. The summed E-state index contributed by atoms with van der Waals surface area (Å²) >= 11 is 1.89. The SMILES string of the molecule is c1ccc(-c2c(-c3cccc(-c4c5ccccc5c(-c5cccc(-c6cccc7c6sc6ccccc67)c5)c5ccccc45)c3)ccc3ccccc23)cc1. The van der Waals surface area contributed by atoms with E-state index in [2.05, 4.69) is 206 Å². The molecule has 0 nitrogen and oxygen atoms in total. The minimum Gasteiger partial charge on any atom is -0.135 e. The maximum atomic E-state index is 2.40. The molecule has 0 aliphatic rings. The lowest BCUT2D eigenvalue weighted by molar-refractivity contribution is 1.60. The Morgan fingerprint density at radius 2 is 0.727 bits per heavy atom. The second-order valence-corrected chi connectivity index (χ2v) is 15.4. The van der Waals surface area contributed by atoms with Gasteiger partial charge >= 0.3 is 0 Å². The van der Waals surface area contributed by atoms with Gasteiger partial charge in [0.1, 0.15) is 0 Å². The van der Waals surface area contributed by atoms with Crippen molar-refractivity contribution in [3.8, 4) is 55.6 Å². The van der Waals surface area contributed by atoms with Crippen LogP contribution in [0.2, 0.25) is 0 Å². The standard InChI is InChI=1S/C54H34S/c1-2-16-36(17-3-1)51-41-22-5-4-15-35(41)31-32-42(51)37-18-12-20-39(33-37)52-45-24-6-8-26-47(45)53(48-27-9-7-25-46(48)52)40-21-13-19-38(34-40)43-28-14-29-49-44-23-10-11-30-50(44)55-54(43)49/h1-34H. The smallest absolute Gasteiger partial charge is 0.0433 e. The van der Waals surface area contributed by atoms with Gasteiger partial charge in [0.2, 0.25) is 0 Å². The average molecular weight is 715 g/mol. The van der Waals surface area contributed by atoms with Crippen LogP contribution in [0.25, 0.3) is 108 Å². The molecule has 0 atom stereocenters. The molecule has 55 heavy (non-hydrogen) atoms. The van der Waals surface area contributed by atoms with Gasteiger partial charge in [0.25, 0.3) is 0 Å². The molecule has 0 fully saturated rings. The maximum Gasteiger partial charge on any atom is 0.0433 e. The van der Waals surface area contributed by atoms with E-state index in [4.69, 9.17) is 0 Å². The first kappa shape index (κ1) is 31.7. The molecule has 0 saturated heterocycles. The molecule has 256 valence electrons. The van der Waals surface area contributed by atoms with Crippen LogP contribution < -0.4 is 0 Å². The Labute approximate surface area is 324 Å². The number of fused-ring (bicyclic) bond motifs is 6. The third-order valence-corrected chi connectivity index (χ3v) is 12.5. The molecule has 0 aliphatic heterocycles. The monoisotopic (exact) mass is 714 g/mol. The summed E-state index contributed by atoms with van der Waals surface area (Å²) in [5.41, 5.74) is 12.5. The van der Waals surface area contributed by atoms with E-state index < -0.39 is 0 Å². The molecule has 1 heteroatoms. The van der Waals surface area contributed by atoms with E-state index in [1.807, 2.05) is 11.3 Å². The largest absolute Gasteiger partial charge is 0.135 e. The van der Waals surface area contributed by atoms with Gasteiger partial charge in [-0.2, -0.15) is 0 Å². The van der Waals surface area contributed by atoms with Crippen LogP contribution in [0, 0.1) is 0 Å². The molecule has 0 N–H and O–H groups in total. The Kier molecular flexibility index (Phi) is 7.46. The molecule has 0 radical (unpaired) electrons. The van der Waals surface area contributed by atoms with Crippen LogP contribution in [0.5, 0.6) is 0 Å². The molecule has 11 aromatic rings. The lowest BCUT2D eigenvalue weighted by Crippen LogP contribution is -1.92. The molecule has 0 unspecified atom stereocenters. The van der Waals surface area contributed by atoms with Gasteiger partial charge in [-0.1, -0.05) is 188 Å². The molecule has 1 aromatic heterocycles. The summed E-state index contributed by atoms with van der Waals surface area (Å²) in [6.45, 7) is 0. The van der Waals surface area contributed by atoms with E-state index in [9.17, 15) is 0 Å². The third-order valence-electron chi connectivity index (χ3n) is 11.3. The Hall–Kier alpha value is -6.80. The van der Waals surface area contributed by atoms with E-state index in [0.29, 0.717) is 0 Å². The quantitative estimate of drug-likeness (QED) is 0.156. The normalized spacial score (nSPS) is 11.6. The summed E-state index contributed by atoms with van der Waals surface area (Å²) in [6.07, 6.45) is 0. The Morgan fingerprint density at radius 3 is 1.38 bits per heavy atom. The van der Waals surface area contributed by atoms with E-state index in [0.717, 1.165) is 0 Å². The zero-order valence-corrected chi connectivity index (χ0v) is 30.9. The number of hydrogen-bond donors (Lipinski definition) is 0. The topological polar surface area (TPSA) is 0 Å². The fourth-order valence-electron chi connectivity index (χ4n) is 8.84. The van der Waals surface area contributed by atoms with E-state index in [-0.39, 0.29) is 0 Å². The first-order valence-electron chi connectivity index (χ1n) is 18.9. The second-order valence-electron chi connectivity index (χ2n) is 14.4. The summed E-state index contributed by atoms with van der Waals surface area (Å²) < 4.78 is 2.67. The molecule has 0 spiro atoms. The van der Waals surface area contributed by atoms with Crippen LogP contribution >= 0.6 is 11.3 Å². The summed E-state index contributed by atoms with van der Waals surface area (Å²) in [5, 5.41) is 10.2. The molecular formula is C54H34S. The van der Waals surface area contributed by atoms with Crippen molar-refractivity contribution in [1.29, 1.82) is 0 Å². The maximum absolute atomic E-state index is 2.40. The fourth-order valence-corrected chi connectivity index (χ4v) is 10.1. The predicted octanol–water partition coefficient (Wildman–Crippen LogP) is 15.8. The Bertz CT molecular complexity index is 3200. The number of rotatable bonds is 5. The van der Waals surface area contributed by atoms with Crippen LogP contribution in [0.3, 0.4) is 0 Å². The van der Waals surface area contributed by atoms with Gasteiger partial charge in [-0.15, -0.1) is 11.3 Å². The lowest BCUT2D eigenvalue weighted by atomic mass is 9.84. The Morgan fingerprint density at radius 1 is 0.255 bits per heavy atom. The summed E-state index contributed by atoms with van der Waals surface area (Å²) in [5.74, 6) is 0. The lowest BCUT2D eigenvalue weighted by Gasteiger charge is -2.19. The van der Waals surface area contributed by atoms with Crippen molar-refractivity contribution in [1.82, 2.24) is 0 Å². The highest BCUT2D eigenvalue weighted by Gasteiger charge is 2.19. The van der Waals surface area contributed by atoms with Crippen LogP contribution in [0.1, 0.15) is 0 Å². The van der Waals surface area contributed by atoms with Crippen molar-refractivity contribution in [2.75, 3.05) is 0 Å². The predicted molar refractivity (Wildman–Crippen MR) is 239 cm³/mol. The van der Waals surface area contributed by atoms with Crippen LogP contribution in [0.4, 0.5) is 0 Å². The van der Waals surface area contributed by atoms with Crippen molar-refractivity contribution < 1.29 is 0 Å². The highest BCUT2D eigenvalue weighted by atomic mass is 32.1. The Balaban J connectivity index is 1.12. The van der Waals surface area contributed by atoms with Gasteiger partial charge in [0, 0.05) is 20.2 Å². The van der Waals surface area contributed by atoms with Crippen LogP contribution in [-0.4, -0.2) is 0 Å². The number of hydrogen-bond acceptors (Lipinski definition) is 1. The van der Waals surface area contributed by atoms with Gasteiger partial charge < -0.3 is 0 Å². The third kappa shape index (κ3) is 5.20.